The first-order chi connectivity index (χ1) is 7.51. The summed E-state index contributed by atoms with van der Waals surface area (Å²) in [6.07, 6.45) is 5.46. The third kappa shape index (κ3) is 3.21. The Hall–Kier alpha value is -0.570. The van der Waals surface area contributed by atoms with E-state index in [0.717, 1.165) is 19.3 Å². The molecule has 2 atom stereocenters. The molecule has 0 aromatic heterocycles. The first-order valence-corrected chi connectivity index (χ1v) is 6.51. The third-order valence-corrected chi connectivity index (χ3v) is 3.87. The van der Waals surface area contributed by atoms with Gasteiger partial charge in [0.25, 0.3) is 0 Å². The molecule has 3 heteroatoms. The van der Waals surface area contributed by atoms with Crippen molar-refractivity contribution < 1.29 is 4.79 Å². The van der Waals surface area contributed by atoms with Gasteiger partial charge in [-0.25, -0.2) is 0 Å². The Morgan fingerprint density at radius 1 is 1.56 bits per heavy atom. The number of hydrogen-bond donors (Lipinski definition) is 2. The van der Waals surface area contributed by atoms with Crippen molar-refractivity contribution in [1.82, 2.24) is 5.32 Å². The Morgan fingerprint density at radius 2 is 2.25 bits per heavy atom. The SMILES string of the molecule is CCCC(CN)C(=O)NC1CCCC1(C)C. The molecule has 0 aliphatic heterocycles. The zero-order valence-corrected chi connectivity index (χ0v) is 10.9. The van der Waals surface area contributed by atoms with Gasteiger partial charge in [0.15, 0.2) is 0 Å². The molecular weight excluding hydrogens is 200 g/mol. The Labute approximate surface area is 99.2 Å². The lowest BCUT2D eigenvalue weighted by Gasteiger charge is -2.29. The quantitative estimate of drug-likeness (QED) is 0.754. The monoisotopic (exact) mass is 226 g/mol. The maximum atomic E-state index is 12.0. The molecule has 1 amide bonds. The minimum atomic E-state index is 0.00130. The first-order valence-electron chi connectivity index (χ1n) is 6.51. The van der Waals surface area contributed by atoms with Crippen LogP contribution in [0.1, 0.15) is 52.9 Å². The summed E-state index contributed by atoms with van der Waals surface area (Å²) in [5.74, 6) is 0.158. The van der Waals surface area contributed by atoms with Crippen molar-refractivity contribution in [3.05, 3.63) is 0 Å². The molecule has 0 bridgehead atoms. The molecule has 1 aliphatic carbocycles. The van der Waals surface area contributed by atoms with Crippen LogP contribution < -0.4 is 11.1 Å². The molecule has 1 rings (SSSR count). The highest BCUT2D eigenvalue weighted by atomic mass is 16.2. The summed E-state index contributed by atoms with van der Waals surface area (Å²) >= 11 is 0. The van der Waals surface area contributed by atoms with E-state index in [1.807, 2.05) is 0 Å². The van der Waals surface area contributed by atoms with Gasteiger partial charge in [0.1, 0.15) is 0 Å². The zero-order chi connectivity index (χ0) is 12.2. The third-order valence-electron chi connectivity index (χ3n) is 3.87. The first kappa shape index (κ1) is 13.5. The zero-order valence-electron chi connectivity index (χ0n) is 10.9. The molecule has 16 heavy (non-hydrogen) atoms. The van der Waals surface area contributed by atoms with Crippen molar-refractivity contribution in [3.8, 4) is 0 Å². The van der Waals surface area contributed by atoms with Gasteiger partial charge in [0.2, 0.25) is 5.91 Å². The van der Waals surface area contributed by atoms with Crippen molar-refractivity contribution >= 4 is 5.91 Å². The Morgan fingerprint density at radius 3 is 2.69 bits per heavy atom. The van der Waals surface area contributed by atoms with Gasteiger partial charge < -0.3 is 11.1 Å². The van der Waals surface area contributed by atoms with Crippen molar-refractivity contribution in [2.75, 3.05) is 6.54 Å². The summed E-state index contributed by atoms with van der Waals surface area (Å²) in [6.45, 7) is 7.03. The molecule has 0 saturated heterocycles. The molecule has 1 fully saturated rings. The van der Waals surface area contributed by atoms with Crippen LogP contribution in [0.2, 0.25) is 0 Å². The molecule has 94 valence electrons. The van der Waals surface area contributed by atoms with Crippen LogP contribution in [-0.2, 0) is 4.79 Å². The largest absolute Gasteiger partial charge is 0.353 e. The summed E-state index contributed by atoms with van der Waals surface area (Å²) in [6, 6.07) is 0.339. The smallest absolute Gasteiger partial charge is 0.224 e. The second kappa shape index (κ2) is 5.67. The van der Waals surface area contributed by atoms with Gasteiger partial charge >= 0.3 is 0 Å². The average molecular weight is 226 g/mol. The molecular formula is C13H26N2O. The van der Waals surface area contributed by atoms with Gasteiger partial charge in [-0.3, -0.25) is 4.79 Å². The van der Waals surface area contributed by atoms with Gasteiger partial charge in [0.05, 0.1) is 5.92 Å². The van der Waals surface area contributed by atoms with Gasteiger partial charge in [-0.05, 0) is 24.7 Å². The second-order valence-electron chi connectivity index (χ2n) is 5.66. The topological polar surface area (TPSA) is 55.1 Å². The summed E-state index contributed by atoms with van der Waals surface area (Å²) in [4.78, 5) is 12.0. The van der Waals surface area contributed by atoms with Gasteiger partial charge in [-0.2, -0.15) is 0 Å². The van der Waals surface area contributed by atoms with E-state index >= 15 is 0 Å². The Bertz CT molecular complexity index is 238. The van der Waals surface area contributed by atoms with E-state index in [-0.39, 0.29) is 17.2 Å². The van der Waals surface area contributed by atoms with E-state index in [2.05, 4.69) is 26.1 Å². The van der Waals surface area contributed by atoms with Crippen LogP contribution in [0, 0.1) is 11.3 Å². The van der Waals surface area contributed by atoms with Crippen LogP contribution in [0.15, 0.2) is 0 Å². The standard InChI is InChI=1S/C13H26N2O/c1-4-6-10(9-14)12(16)15-11-7-5-8-13(11,2)3/h10-11H,4-9,14H2,1-3H3,(H,15,16). The van der Waals surface area contributed by atoms with Gasteiger partial charge in [-0.1, -0.05) is 33.6 Å². The maximum absolute atomic E-state index is 12.0. The van der Waals surface area contributed by atoms with Gasteiger partial charge in [0, 0.05) is 12.6 Å². The second-order valence-corrected chi connectivity index (χ2v) is 5.66. The Balaban J connectivity index is 2.49. The summed E-state index contributed by atoms with van der Waals surface area (Å²) < 4.78 is 0. The molecule has 0 spiro atoms. The lowest BCUT2D eigenvalue weighted by molar-refractivity contribution is -0.126. The molecule has 3 nitrogen and oxygen atoms in total. The number of carbonyl (C=O) groups excluding carboxylic acids is 1. The van der Waals surface area contributed by atoms with E-state index in [1.165, 1.54) is 12.8 Å². The highest BCUT2D eigenvalue weighted by Gasteiger charge is 2.36. The molecule has 0 aromatic rings. The number of hydrogen-bond acceptors (Lipinski definition) is 2. The van der Waals surface area contributed by atoms with E-state index in [1.54, 1.807) is 0 Å². The fraction of sp³-hybridized carbons (Fsp3) is 0.923. The van der Waals surface area contributed by atoms with E-state index in [0.29, 0.717) is 12.6 Å². The average Bonchev–Trinajstić information content (AvgIpc) is 2.54. The van der Waals surface area contributed by atoms with Crippen LogP contribution >= 0.6 is 0 Å². The van der Waals surface area contributed by atoms with Crippen LogP contribution in [0.3, 0.4) is 0 Å². The predicted molar refractivity (Wildman–Crippen MR) is 67.0 cm³/mol. The van der Waals surface area contributed by atoms with Crippen LogP contribution in [0.25, 0.3) is 0 Å². The predicted octanol–water partition coefficient (Wildman–Crippen LogP) is 2.06. The molecule has 3 N–H and O–H groups in total. The normalized spacial score (nSPS) is 25.4. The Kier molecular flexibility index (Phi) is 4.78. The summed E-state index contributed by atoms with van der Waals surface area (Å²) in [5, 5.41) is 3.19. The van der Waals surface area contributed by atoms with Crippen molar-refractivity contribution in [1.29, 1.82) is 0 Å². The molecule has 0 radical (unpaired) electrons. The fourth-order valence-electron chi connectivity index (χ4n) is 2.59. The summed E-state index contributed by atoms with van der Waals surface area (Å²) in [7, 11) is 0. The summed E-state index contributed by atoms with van der Waals surface area (Å²) in [5.41, 5.74) is 5.89. The number of carbonyl (C=O) groups is 1. The van der Waals surface area contributed by atoms with Crippen LogP contribution in [0.4, 0.5) is 0 Å². The molecule has 1 saturated carbocycles. The minimum Gasteiger partial charge on any atom is -0.353 e. The minimum absolute atomic E-state index is 0.00130. The highest BCUT2D eigenvalue weighted by Crippen LogP contribution is 2.37. The molecule has 0 heterocycles. The maximum Gasteiger partial charge on any atom is 0.224 e. The van der Waals surface area contributed by atoms with Crippen LogP contribution in [0.5, 0.6) is 0 Å². The van der Waals surface area contributed by atoms with Crippen molar-refractivity contribution in [3.63, 3.8) is 0 Å². The number of rotatable bonds is 5. The van der Waals surface area contributed by atoms with Crippen molar-refractivity contribution in [2.45, 2.75) is 58.9 Å². The van der Waals surface area contributed by atoms with E-state index < -0.39 is 0 Å². The number of nitrogens with one attached hydrogen (secondary N) is 1. The van der Waals surface area contributed by atoms with E-state index in [9.17, 15) is 4.79 Å². The van der Waals surface area contributed by atoms with Gasteiger partial charge in [-0.15, -0.1) is 0 Å². The van der Waals surface area contributed by atoms with Crippen LogP contribution in [-0.4, -0.2) is 18.5 Å². The highest BCUT2D eigenvalue weighted by molar-refractivity contribution is 5.79. The number of amides is 1. The van der Waals surface area contributed by atoms with Crippen molar-refractivity contribution in [2.24, 2.45) is 17.1 Å². The lowest BCUT2D eigenvalue weighted by atomic mass is 9.87. The lowest BCUT2D eigenvalue weighted by Crippen LogP contribution is -2.45. The fourth-order valence-corrected chi connectivity index (χ4v) is 2.59. The number of nitrogens with two attached hydrogens (primary N) is 1. The molecule has 0 aromatic carbocycles. The molecule has 1 aliphatic rings. The molecule has 2 unspecified atom stereocenters. The van der Waals surface area contributed by atoms with E-state index in [4.69, 9.17) is 5.73 Å².